The molecule has 4 aromatic heterocycles. The van der Waals surface area contributed by atoms with Crippen molar-refractivity contribution < 1.29 is 13.9 Å². The van der Waals surface area contributed by atoms with Crippen LogP contribution in [0.25, 0.3) is 33.8 Å². The van der Waals surface area contributed by atoms with Crippen LogP contribution in [0.2, 0.25) is 5.15 Å². The van der Waals surface area contributed by atoms with Gasteiger partial charge in [-0.1, -0.05) is 11.6 Å². The molecule has 0 amide bonds. The zero-order valence-corrected chi connectivity index (χ0v) is 20.5. The van der Waals surface area contributed by atoms with Crippen LogP contribution in [-0.4, -0.2) is 53.8 Å². The van der Waals surface area contributed by atoms with Gasteiger partial charge in [-0.25, -0.2) is 24.3 Å². The number of methoxy groups -OCH3 is 1. The van der Waals surface area contributed by atoms with Crippen molar-refractivity contribution in [2.45, 2.75) is 31.7 Å². The van der Waals surface area contributed by atoms with Gasteiger partial charge in [-0.05, 0) is 37.5 Å². The molecule has 2 unspecified atom stereocenters. The number of anilines is 1. The molecule has 10 nitrogen and oxygen atoms in total. The number of aromatic amines is 1. The second-order valence-electron chi connectivity index (χ2n) is 9.45. The van der Waals surface area contributed by atoms with Crippen LogP contribution in [0.1, 0.15) is 25.7 Å². The molecule has 3 saturated carbocycles. The minimum absolute atomic E-state index is 0.0228. The molecule has 0 aromatic carbocycles. The summed E-state index contributed by atoms with van der Waals surface area (Å²) in [5.74, 6) is -0.554. The Bertz CT molecular complexity index is 1460. The first kappa shape index (κ1) is 22.8. The van der Waals surface area contributed by atoms with Crippen molar-refractivity contribution in [3.05, 3.63) is 35.8 Å². The van der Waals surface area contributed by atoms with Gasteiger partial charge < -0.3 is 15.0 Å². The minimum Gasteiger partial charge on any atom is -0.469 e. The molecule has 2 bridgehead atoms. The molecule has 2 N–H and O–H groups in total. The molecule has 186 valence electrons. The third-order valence-electron chi connectivity index (χ3n) is 7.42. The van der Waals surface area contributed by atoms with Crippen molar-refractivity contribution in [3.63, 3.8) is 0 Å². The van der Waals surface area contributed by atoms with Crippen LogP contribution in [0, 0.1) is 23.6 Å². The molecule has 3 aliphatic rings. The lowest BCUT2D eigenvalue weighted by Crippen LogP contribution is -2.52. The Labute approximate surface area is 210 Å². The van der Waals surface area contributed by atoms with Crippen LogP contribution in [0.5, 0.6) is 0 Å². The van der Waals surface area contributed by atoms with Gasteiger partial charge in [0.1, 0.15) is 16.4 Å². The van der Waals surface area contributed by atoms with E-state index in [1.165, 1.54) is 13.3 Å². The highest BCUT2D eigenvalue weighted by atomic mass is 35.5. The van der Waals surface area contributed by atoms with Crippen molar-refractivity contribution in [3.8, 4) is 22.6 Å². The van der Waals surface area contributed by atoms with Gasteiger partial charge in [0.25, 0.3) is 0 Å². The Kier molecular flexibility index (Phi) is 5.59. The third kappa shape index (κ3) is 3.78. The predicted octanol–water partition coefficient (Wildman–Crippen LogP) is 4.00. The number of H-pyrrole nitrogens is 1. The Morgan fingerprint density at radius 1 is 1.19 bits per heavy atom. The Balaban J connectivity index is 1.49. The number of esters is 1. The highest BCUT2D eigenvalue weighted by molar-refractivity contribution is 6.29. The summed E-state index contributed by atoms with van der Waals surface area (Å²) in [5.41, 5.74) is 2.11. The summed E-state index contributed by atoms with van der Waals surface area (Å²) in [6.45, 7) is 0. The molecule has 4 heterocycles. The standard InChI is InChI=1S/C24H24ClFN8O2/c1-34-10-13(7-29-34)19-17(26)22(31-18-12-5-3-11(4-6-12)16(18)24(35)36-2)33-21(32-19)14-8-27-23-20(14)30-15(25)9-28-23/h7-12,16,18H,3-6H2,1-2H3,(H,27,28)(H,31,32,33). The summed E-state index contributed by atoms with van der Waals surface area (Å²) in [6.07, 6.45) is 10.2. The summed E-state index contributed by atoms with van der Waals surface area (Å²) in [4.78, 5) is 33.5. The molecule has 12 heteroatoms. The quantitative estimate of drug-likeness (QED) is 0.386. The van der Waals surface area contributed by atoms with Crippen molar-refractivity contribution in [2.24, 2.45) is 24.8 Å². The molecule has 3 fully saturated rings. The van der Waals surface area contributed by atoms with E-state index in [0.717, 1.165) is 25.7 Å². The third-order valence-corrected chi connectivity index (χ3v) is 7.60. The van der Waals surface area contributed by atoms with Gasteiger partial charge in [0, 0.05) is 31.0 Å². The lowest BCUT2D eigenvalue weighted by atomic mass is 9.61. The lowest BCUT2D eigenvalue weighted by Gasteiger charge is -2.47. The van der Waals surface area contributed by atoms with Crippen molar-refractivity contribution in [1.82, 2.24) is 34.7 Å². The molecule has 0 spiro atoms. The maximum Gasteiger partial charge on any atom is 0.311 e. The van der Waals surface area contributed by atoms with Gasteiger partial charge in [0.2, 0.25) is 0 Å². The molecule has 2 atom stereocenters. The van der Waals surface area contributed by atoms with Gasteiger partial charge in [-0.3, -0.25) is 9.48 Å². The van der Waals surface area contributed by atoms with E-state index in [9.17, 15) is 4.79 Å². The van der Waals surface area contributed by atoms with Gasteiger partial charge in [-0.2, -0.15) is 5.10 Å². The number of fused-ring (bicyclic) bond motifs is 4. The number of halogens is 2. The maximum atomic E-state index is 16.0. The number of ether oxygens (including phenoxy) is 1. The number of nitrogens with one attached hydrogen (secondary N) is 2. The Morgan fingerprint density at radius 2 is 1.97 bits per heavy atom. The van der Waals surface area contributed by atoms with Crippen molar-refractivity contribution in [1.29, 1.82) is 0 Å². The molecule has 0 radical (unpaired) electrons. The van der Waals surface area contributed by atoms with Crippen LogP contribution in [0.15, 0.2) is 24.8 Å². The number of aryl methyl sites for hydroxylation is 1. The number of hydrogen-bond acceptors (Lipinski definition) is 8. The van der Waals surface area contributed by atoms with E-state index in [1.807, 2.05) is 0 Å². The number of rotatable bonds is 5. The van der Waals surface area contributed by atoms with E-state index < -0.39 is 5.82 Å². The number of aromatic nitrogens is 7. The first-order valence-corrected chi connectivity index (χ1v) is 12.2. The maximum absolute atomic E-state index is 16.0. The fourth-order valence-corrected chi connectivity index (χ4v) is 5.86. The largest absolute Gasteiger partial charge is 0.469 e. The second kappa shape index (κ2) is 8.81. The number of hydrogen-bond donors (Lipinski definition) is 2. The fraction of sp³-hybridized carbons (Fsp3) is 0.417. The topological polar surface area (TPSA) is 124 Å². The smallest absolute Gasteiger partial charge is 0.311 e. The highest BCUT2D eigenvalue weighted by Crippen LogP contribution is 2.47. The van der Waals surface area contributed by atoms with Gasteiger partial charge >= 0.3 is 5.97 Å². The molecular formula is C24H24ClFN8O2. The summed E-state index contributed by atoms with van der Waals surface area (Å²) >= 11 is 6.09. The zero-order valence-electron chi connectivity index (χ0n) is 19.7. The average Bonchev–Trinajstić information content (AvgIpc) is 3.51. The van der Waals surface area contributed by atoms with Crippen LogP contribution in [0.4, 0.5) is 10.2 Å². The van der Waals surface area contributed by atoms with E-state index in [0.29, 0.717) is 22.3 Å². The van der Waals surface area contributed by atoms with E-state index in [4.69, 9.17) is 16.3 Å². The minimum atomic E-state index is -0.610. The summed E-state index contributed by atoms with van der Waals surface area (Å²) in [7, 11) is 3.15. The monoisotopic (exact) mass is 510 g/mol. The number of nitrogens with zero attached hydrogens (tertiary/aromatic N) is 6. The average molecular weight is 511 g/mol. The van der Waals surface area contributed by atoms with Crippen LogP contribution >= 0.6 is 11.6 Å². The molecular weight excluding hydrogens is 487 g/mol. The molecule has 7 rings (SSSR count). The summed E-state index contributed by atoms with van der Waals surface area (Å²) in [6, 6.07) is -0.291. The van der Waals surface area contributed by atoms with E-state index in [-0.39, 0.29) is 52.3 Å². The molecule has 4 aromatic rings. The molecule has 0 saturated heterocycles. The first-order chi connectivity index (χ1) is 17.4. The van der Waals surface area contributed by atoms with Crippen molar-refractivity contribution >= 4 is 34.6 Å². The normalized spacial score (nSPS) is 23.2. The second-order valence-corrected chi connectivity index (χ2v) is 9.83. The van der Waals surface area contributed by atoms with Gasteiger partial charge in [0.15, 0.2) is 23.1 Å². The predicted molar refractivity (Wildman–Crippen MR) is 130 cm³/mol. The van der Waals surface area contributed by atoms with Crippen molar-refractivity contribution in [2.75, 3.05) is 12.4 Å². The number of carbonyl (C=O) groups excluding carboxylic acids is 1. The number of carbonyl (C=O) groups is 1. The Morgan fingerprint density at radius 3 is 2.69 bits per heavy atom. The van der Waals surface area contributed by atoms with Crippen LogP contribution < -0.4 is 5.32 Å². The fourth-order valence-electron chi connectivity index (χ4n) is 5.73. The van der Waals surface area contributed by atoms with Gasteiger partial charge in [0.05, 0.1) is 31.0 Å². The van der Waals surface area contributed by atoms with Crippen LogP contribution in [0.3, 0.4) is 0 Å². The SMILES string of the molecule is COC(=O)C1C2CCC(CC2)C1Nc1nc(-c2c[nH]c3ncc(Cl)nc23)nc(-c2cnn(C)c2)c1F. The summed E-state index contributed by atoms with van der Waals surface area (Å²) in [5, 5.41) is 7.69. The summed E-state index contributed by atoms with van der Waals surface area (Å²) < 4.78 is 22.7. The van der Waals surface area contributed by atoms with E-state index >= 15 is 4.39 Å². The van der Waals surface area contributed by atoms with Crippen LogP contribution in [-0.2, 0) is 16.6 Å². The zero-order chi connectivity index (χ0) is 25.0. The van der Waals surface area contributed by atoms with Gasteiger partial charge in [-0.15, -0.1) is 0 Å². The van der Waals surface area contributed by atoms with E-state index in [1.54, 1.807) is 30.3 Å². The van der Waals surface area contributed by atoms with E-state index in [2.05, 4.69) is 35.3 Å². The highest BCUT2D eigenvalue weighted by Gasteiger charge is 2.48. The first-order valence-electron chi connectivity index (χ1n) is 11.8. The lowest BCUT2D eigenvalue weighted by molar-refractivity contribution is -0.152. The Hall–Kier alpha value is -3.60. The molecule has 3 aliphatic carbocycles. The molecule has 36 heavy (non-hydrogen) atoms. The molecule has 0 aliphatic heterocycles.